The lowest BCUT2D eigenvalue weighted by Gasteiger charge is -2.24. The average molecular weight is 423 g/mol. The van der Waals surface area contributed by atoms with Crippen molar-refractivity contribution in [3.63, 3.8) is 0 Å². The lowest BCUT2D eigenvalue weighted by Crippen LogP contribution is -2.36. The van der Waals surface area contributed by atoms with E-state index in [2.05, 4.69) is 5.32 Å². The third-order valence-electron chi connectivity index (χ3n) is 3.94. The first-order chi connectivity index (χ1) is 13.9. The van der Waals surface area contributed by atoms with Gasteiger partial charge in [0.25, 0.3) is 0 Å². The Balaban J connectivity index is 2.12. The highest BCUT2D eigenvalue weighted by Gasteiger charge is 2.31. The SMILES string of the molecule is CC(C)(C)OC(=O)N[C@H](CC(=O)OCc1ccccc1)c1ccc(C(F)(F)F)cc1. The molecule has 8 heteroatoms. The van der Waals surface area contributed by atoms with Gasteiger partial charge < -0.3 is 14.8 Å². The Labute approximate surface area is 173 Å². The van der Waals surface area contributed by atoms with Crippen LogP contribution in [-0.2, 0) is 27.1 Å². The predicted molar refractivity (Wildman–Crippen MR) is 104 cm³/mol. The molecule has 0 spiro atoms. The van der Waals surface area contributed by atoms with Crippen LogP contribution in [0.3, 0.4) is 0 Å². The fourth-order valence-corrected chi connectivity index (χ4v) is 2.57. The second-order valence-electron chi connectivity index (χ2n) is 7.67. The Morgan fingerprint density at radius 3 is 2.10 bits per heavy atom. The zero-order valence-corrected chi connectivity index (χ0v) is 17.0. The number of halogens is 3. The molecule has 1 atom stereocenters. The molecule has 0 bridgehead atoms. The van der Waals surface area contributed by atoms with Gasteiger partial charge in [-0.25, -0.2) is 4.79 Å². The Hall–Kier alpha value is -3.03. The third-order valence-corrected chi connectivity index (χ3v) is 3.94. The molecule has 0 heterocycles. The summed E-state index contributed by atoms with van der Waals surface area (Å²) in [7, 11) is 0. The maximum Gasteiger partial charge on any atom is 0.416 e. The minimum absolute atomic E-state index is 0.0475. The lowest BCUT2D eigenvalue weighted by molar-refractivity contribution is -0.145. The van der Waals surface area contributed by atoms with Crippen molar-refractivity contribution in [1.82, 2.24) is 5.32 Å². The van der Waals surface area contributed by atoms with Gasteiger partial charge in [-0.3, -0.25) is 4.79 Å². The molecular weight excluding hydrogens is 399 g/mol. The number of hydrogen-bond acceptors (Lipinski definition) is 4. The molecule has 0 aliphatic rings. The first-order valence-corrected chi connectivity index (χ1v) is 9.30. The highest BCUT2D eigenvalue weighted by molar-refractivity contribution is 5.73. The van der Waals surface area contributed by atoms with Gasteiger partial charge in [0.15, 0.2) is 0 Å². The van der Waals surface area contributed by atoms with Gasteiger partial charge in [-0.2, -0.15) is 13.2 Å². The summed E-state index contributed by atoms with van der Waals surface area (Å²) in [4.78, 5) is 24.5. The molecule has 5 nitrogen and oxygen atoms in total. The lowest BCUT2D eigenvalue weighted by atomic mass is 10.0. The Bertz CT molecular complexity index is 843. The van der Waals surface area contributed by atoms with Crippen molar-refractivity contribution in [2.24, 2.45) is 0 Å². The first-order valence-electron chi connectivity index (χ1n) is 9.30. The number of benzene rings is 2. The fourth-order valence-electron chi connectivity index (χ4n) is 2.57. The molecule has 2 aromatic carbocycles. The van der Waals surface area contributed by atoms with Crippen LogP contribution in [0, 0.1) is 0 Å². The topological polar surface area (TPSA) is 64.6 Å². The van der Waals surface area contributed by atoms with Crippen LogP contribution in [0.5, 0.6) is 0 Å². The summed E-state index contributed by atoms with van der Waals surface area (Å²) in [6.45, 7) is 5.07. The van der Waals surface area contributed by atoms with E-state index in [4.69, 9.17) is 9.47 Å². The molecule has 30 heavy (non-hydrogen) atoms. The second kappa shape index (κ2) is 9.65. The number of nitrogens with one attached hydrogen (secondary N) is 1. The van der Waals surface area contributed by atoms with Crippen molar-refractivity contribution in [3.05, 3.63) is 71.3 Å². The summed E-state index contributed by atoms with van der Waals surface area (Å²) in [6.07, 6.45) is -5.54. The number of ether oxygens (including phenoxy) is 2. The van der Waals surface area contributed by atoms with E-state index < -0.39 is 35.4 Å². The van der Waals surface area contributed by atoms with Crippen LogP contribution >= 0.6 is 0 Å². The smallest absolute Gasteiger partial charge is 0.416 e. The van der Waals surface area contributed by atoms with Crippen molar-refractivity contribution < 1.29 is 32.2 Å². The molecule has 1 amide bonds. The molecule has 0 aromatic heterocycles. The Morgan fingerprint density at radius 2 is 1.57 bits per heavy atom. The summed E-state index contributed by atoms with van der Waals surface area (Å²) in [5.74, 6) is -0.611. The monoisotopic (exact) mass is 423 g/mol. The van der Waals surface area contributed by atoms with Crippen molar-refractivity contribution in [2.45, 2.75) is 51.6 Å². The quantitative estimate of drug-likeness (QED) is 0.632. The van der Waals surface area contributed by atoms with E-state index >= 15 is 0 Å². The maximum atomic E-state index is 12.8. The summed E-state index contributed by atoms with van der Waals surface area (Å²) in [6, 6.07) is 12.3. The molecule has 0 aliphatic heterocycles. The average Bonchev–Trinajstić information content (AvgIpc) is 2.64. The van der Waals surface area contributed by atoms with E-state index in [1.54, 1.807) is 45.0 Å². The van der Waals surface area contributed by atoms with E-state index in [-0.39, 0.29) is 13.0 Å². The van der Waals surface area contributed by atoms with Crippen molar-refractivity contribution in [3.8, 4) is 0 Å². The fraction of sp³-hybridized carbons (Fsp3) is 0.364. The number of esters is 1. The number of carbonyl (C=O) groups is 2. The van der Waals surface area contributed by atoms with Crippen molar-refractivity contribution in [1.29, 1.82) is 0 Å². The maximum absolute atomic E-state index is 12.8. The molecule has 0 saturated heterocycles. The summed E-state index contributed by atoms with van der Waals surface area (Å²) in [5.41, 5.74) is -0.487. The minimum atomic E-state index is -4.48. The van der Waals surface area contributed by atoms with Gasteiger partial charge in [-0.15, -0.1) is 0 Å². The summed E-state index contributed by atoms with van der Waals surface area (Å²) >= 11 is 0. The van der Waals surface area contributed by atoms with E-state index in [1.807, 2.05) is 6.07 Å². The van der Waals surface area contributed by atoms with Gasteiger partial charge in [0, 0.05) is 0 Å². The molecule has 0 aliphatic carbocycles. The summed E-state index contributed by atoms with van der Waals surface area (Å²) in [5, 5.41) is 2.53. The van der Waals surface area contributed by atoms with Crippen LogP contribution in [0.1, 0.15) is 49.9 Å². The largest absolute Gasteiger partial charge is 0.461 e. The van der Waals surface area contributed by atoms with E-state index in [1.165, 1.54) is 12.1 Å². The molecule has 162 valence electrons. The van der Waals surface area contributed by atoms with Gasteiger partial charge in [-0.05, 0) is 44.0 Å². The van der Waals surface area contributed by atoms with Gasteiger partial charge in [0.2, 0.25) is 0 Å². The van der Waals surface area contributed by atoms with Crippen molar-refractivity contribution in [2.75, 3.05) is 0 Å². The first kappa shape index (κ1) is 23.3. The third kappa shape index (κ3) is 7.77. The second-order valence-corrected chi connectivity index (χ2v) is 7.67. The van der Waals surface area contributed by atoms with Crippen LogP contribution in [0.2, 0.25) is 0 Å². The minimum Gasteiger partial charge on any atom is -0.461 e. The van der Waals surface area contributed by atoms with Crippen LogP contribution in [-0.4, -0.2) is 17.7 Å². The predicted octanol–water partition coefficient (Wildman–Crippen LogP) is 5.40. The van der Waals surface area contributed by atoms with Crippen LogP contribution < -0.4 is 5.32 Å². The normalized spacial score (nSPS) is 12.7. The number of hydrogen-bond donors (Lipinski definition) is 1. The Kier molecular flexibility index (Phi) is 7.48. The van der Waals surface area contributed by atoms with Gasteiger partial charge >= 0.3 is 18.2 Å². The number of alkyl halides is 3. The molecule has 1 N–H and O–H groups in total. The molecule has 0 fully saturated rings. The molecule has 2 rings (SSSR count). The number of alkyl carbamates (subject to hydrolysis) is 1. The highest BCUT2D eigenvalue weighted by Crippen LogP contribution is 2.30. The molecule has 2 aromatic rings. The number of carbonyl (C=O) groups excluding carboxylic acids is 2. The molecular formula is C22H24F3NO4. The van der Waals surface area contributed by atoms with E-state index in [0.29, 0.717) is 5.56 Å². The number of rotatable bonds is 6. The van der Waals surface area contributed by atoms with Crippen LogP contribution in [0.4, 0.5) is 18.0 Å². The van der Waals surface area contributed by atoms with Gasteiger partial charge in [0.1, 0.15) is 12.2 Å². The number of amides is 1. The van der Waals surface area contributed by atoms with Crippen LogP contribution in [0.15, 0.2) is 54.6 Å². The van der Waals surface area contributed by atoms with Crippen LogP contribution in [0.25, 0.3) is 0 Å². The summed E-state index contributed by atoms with van der Waals surface area (Å²) < 4.78 is 48.9. The van der Waals surface area contributed by atoms with E-state index in [0.717, 1.165) is 17.7 Å². The van der Waals surface area contributed by atoms with Crippen molar-refractivity contribution >= 4 is 12.1 Å². The van der Waals surface area contributed by atoms with Gasteiger partial charge in [0.05, 0.1) is 18.0 Å². The Morgan fingerprint density at radius 1 is 0.967 bits per heavy atom. The zero-order valence-electron chi connectivity index (χ0n) is 17.0. The van der Waals surface area contributed by atoms with Gasteiger partial charge in [-0.1, -0.05) is 42.5 Å². The zero-order chi connectivity index (χ0) is 22.4. The molecule has 0 unspecified atom stereocenters. The van der Waals surface area contributed by atoms with E-state index in [9.17, 15) is 22.8 Å². The molecule has 0 saturated carbocycles. The highest BCUT2D eigenvalue weighted by atomic mass is 19.4. The standard InChI is InChI=1S/C22H24F3NO4/c1-21(2,3)30-20(28)26-18(16-9-11-17(12-10-16)22(23,24)25)13-19(27)29-14-15-7-5-4-6-8-15/h4-12,18H,13-14H2,1-3H3,(H,26,28)/t18-/m1/s1. The molecule has 0 radical (unpaired) electrons.